The number of phosphoric ester groups is 2. The summed E-state index contributed by atoms with van der Waals surface area (Å²) >= 11 is 0. The number of ether oxygens (including phenoxy) is 4. The van der Waals surface area contributed by atoms with Crippen molar-refractivity contribution >= 4 is 39.5 Å². The first-order valence-electron chi connectivity index (χ1n) is 40.3. The molecule has 19 heteroatoms. The van der Waals surface area contributed by atoms with E-state index in [-0.39, 0.29) is 25.7 Å². The quantitative estimate of drug-likeness (QED) is 0.0222. The lowest BCUT2D eigenvalue weighted by molar-refractivity contribution is -0.161. The molecule has 0 aromatic rings. The van der Waals surface area contributed by atoms with Gasteiger partial charge in [0.05, 0.1) is 26.4 Å². The zero-order valence-corrected chi connectivity index (χ0v) is 65.3. The molecule has 0 fully saturated rings. The molecule has 0 radical (unpaired) electrons. The van der Waals surface area contributed by atoms with E-state index in [1.165, 1.54) is 205 Å². The molecule has 0 aromatic heterocycles. The highest BCUT2D eigenvalue weighted by molar-refractivity contribution is 7.47. The third-order valence-electron chi connectivity index (χ3n) is 18.1. The van der Waals surface area contributed by atoms with Gasteiger partial charge in [0.2, 0.25) is 0 Å². The molecule has 97 heavy (non-hydrogen) atoms. The van der Waals surface area contributed by atoms with Crippen LogP contribution in [0.25, 0.3) is 0 Å². The van der Waals surface area contributed by atoms with Gasteiger partial charge in [0.1, 0.15) is 19.3 Å². The Balaban J connectivity index is 5.14. The van der Waals surface area contributed by atoms with E-state index in [1.54, 1.807) is 0 Å². The first kappa shape index (κ1) is 95.1. The maximum absolute atomic E-state index is 13.1. The topological polar surface area (TPSA) is 237 Å². The molecular weight excluding hydrogens is 1270 g/mol. The molecule has 17 nitrogen and oxygen atoms in total. The standard InChI is InChI=1S/C78H152O17P2/c1-8-9-10-42-52-59-75(80)88-65-73(94-77(82)61-55-48-41-35-29-23-17-20-26-32-38-45-51-58-71(6)7)67-92-96(84,85)90-63-72(79)64-91-97(86,87)93-68-74(66-89-76(81)60-53-46-39-33-27-21-16-15-19-25-31-37-44-50-57-70(4)5)95-78(83)62-54-47-40-34-28-22-14-12-11-13-18-24-30-36-43-49-56-69(2)3/h69-74,79H,8-68H2,1-7H3,(H,84,85)(H,86,87)/t72-,73+,74+/m0/s1. The van der Waals surface area contributed by atoms with Crippen LogP contribution in [-0.2, 0) is 65.4 Å². The normalized spacial score (nSPS) is 14.0. The first-order chi connectivity index (χ1) is 46.7. The van der Waals surface area contributed by atoms with Gasteiger partial charge in [-0.15, -0.1) is 0 Å². The number of phosphoric acid groups is 2. The number of aliphatic hydroxyl groups is 1. The van der Waals surface area contributed by atoms with Crippen LogP contribution in [0.2, 0.25) is 0 Å². The molecule has 0 saturated heterocycles. The van der Waals surface area contributed by atoms with Gasteiger partial charge >= 0.3 is 39.5 Å². The Kier molecular flexibility index (Phi) is 67.1. The van der Waals surface area contributed by atoms with E-state index in [0.29, 0.717) is 25.7 Å². The number of rotatable bonds is 76. The van der Waals surface area contributed by atoms with Crippen molar-refractivity contribution in [2.24, 2.45) is 17.8 Å². The molecule has 0 aliphatic heterocycles. The number of esters is 4. The van der Waals surface area contributed by atoms with Gasteiger partial charge in [-0.1, -0.05) is 350 Å². The van der Waals surface area contributed by atoms with Crippen LogP contribution < -0.4 is 0 Å². The van der Waals surface area contributed by atoms with Crippen molar-refractivity contribution in [3.8, 4) is 0 Å². The minimum atomic E-state index is -4.96. The van der Waals surface area contributed by atoms with Crippen molar-refractivity contribution in [3.63, 3.8) is 0 Å². The third kappa shape index (κ3) is 72.2. The van der Waals surface area contributed by atoms with Crippen molar-refractivity contribution in [1.82, 2.24) is 0 Å². The van der Waals surface area contributed by atoms with Gasteiger partial charge in [0, 0.05) is 25.7 Å². The minimum Gasteiger partial charge on any atom is -0.462 e. The highest BCUT2D eigenvalue weighted by Crippen LogP contribution is 2.45. The van der Waals surface area contributed by atoms with Gasteiger partial charge in [-0.3, -0.25) is 37.3 Å². The average molecular weight is 1420 g/mol. The zero-order chi connectivity index (χ0) is 71.6. The summed E-state index contributed by atoms with van der Waals surface area (Å²) in [6, 6.07) is 0. The third-order valence-corrected chi connectivity index (χ3v) is 20.0. The molecular formula is C78H152O17P2. The Bertz CT molecular complexity index is 1890. The van der Waals surface area contributed by atoms with Crippen LogP contribution in [0, 0.1) is 17.8 Å². The van der Waals surface area contributed by atoms with Crippen LogP contribution in [0.15, 0.2) is 0 Å². The molecule has 0 spiro atoms. The maximum atomic E-state index is 13.1. The molecule has 2 unspecified atom stereocenters. The summed E-state index contributed by atoms with van der Waals surface area (Å²) < 4.78 is 68.4. The maximum Gasteiger partial charge on any atom is 0.472 e. The summed E-state index contributed by atoms with van der Waals surface area (Å²) in [6.07, 6.45) is 55.9. The second-order valence-corrected chi connectivity index (χ2v) is 32.4. The first-order valence-corrected chi connectivity index (χ1v) is 43.3. The second-order valence-electron chi connectivity index (χ2n) is 29.5. The molecule has 0 bridgehead atoms. The van der Waals surface area contributed by atoms with Crippen molar-refractivity contribution in [2.45, 2.75) is 420 Å². The number of carbonyl (C=O) groups excluding carboxylic acids is 4. The lowest BCUT2D eigenvalue weighted by Crippen LogP contribution is -2.30. The van der Waals surface area contributed by atoms with Gasteiger partial charge < -0.3 is 33.8 Å². The molecule has 0 aliphatic carbocycles. The fraction of sp³-hybridized carbons (Fsp3) is 0.949. The van der Waals surface area contributed by atoms with Gasteiger partial charge in [-0.05, 0) is 43.4 Å². The van der Waals surface area contributed by atoms with Gasteiger partial charge in [-0.2, -0.15) is 0 Å². The van der Waals surface area contributed by atoms with Crippen LogP contribution in [0.3, 0.4) is 0 Å². The summed E-state index contributed by atoms with van der Waals surface area (Å²) in [5.41, 5.74) is 0. The molecule has 0 aromatic carbocycles. The van der Waals surface area contributed by atoms with E-state index in [0.717, 1.165) is 114 Å². The average Bonchev–Trinajstić information content (AvgIpc) is 1.43. The summed E-state index contributed by atoms with van der Waals surface area (Å²) in [5, 5.41) is 10.6. The van der Waals surface area contributed by atoms with E-state index < -0.39 is 97.5 Å². The van der Waals surface area contributed by atoms with E-state index >= 15 is 0 Å². The Labute approximate surface area is 594 Å². The highest BCUT2D eigenvalue weighted by Gasteiger charge is 2.30. The summed E-state index contributed by atoms with van der Waals surface area (Å²) in [6.45, 7) is 11.9. The molecule has 0 saturated carbocycles. The van der Waals surface area contributed by atoms with E-state index in [9.17, 15) is 43.2 Å². The van der Waals surface area contributed by atoms with Crippen LogP contribution >= 0.6 is 15.6 Å². The molecule has 3 N–H and O–H groups in total. The second kappa shape index (κ2) is 68.5. The van der Waals surface area contributed by atoms with Crippen LogP contribution in [-0.4, -0.2) is 96.7 Å². The highest BCUT2D eigenvalue weighted by atomic mass is 31.2. The molecule has 0 heterocycles. The lowest BCUT2D eigenvalue weighted by Gasteiger charge is -2.21. The SMILES string of the molecule is CCCCCCCC(=O)OC[C@H](COP(=O)(O)OC[C@H](O)COP(=O)(O)OC[C@@H](COC(=O)CCCCCCCCCCCCCCCCC(C)C)OC(=O)CCCCCCCCCCCCCCCCCCC(C)C)OC(=O)CCCCCCCCCCCCCCCC(C)C. The van der Waals surface area contributed by atoms with Crippen molar-refractivity contribution in [2.75, 3.05) is 39.6 Å². The summed E-state index contributed by atoms with van der Waals surface area (Å²) in [4.78, 5) is 72.6. The van der Waals surface area contributed by atoms with Crippen LogP contribution in [0.5, 0.6) is 0 Å². The van der Waals surface area contributed by atoms with Crippen molar-refractivity contribution in [1.29, 1.82) is 0 Å². The molecule has 0 rings (SSSR count). The molecule has 0 amide bonds. The number of hydrogen-bond donors (Lipinski definition) is 3. The summed E-state index contributed by atoms with van der Waals surface area (Å²) in [5.74, 6) is 0.270. The van der Waals surface area contributed by atoms with Crippen molar-refractivity contribution in [3.05, 3.63) is 0 Å². The van der Waals surface area contributed by atoms with Gasteiger partial charge in [0.25, 0.3) is 0 Å². The minimum absolute atomic E-state index is 0.106. The van der Waals surface area contributed by atoms with E-state index in [1.807, 2.05) is 0 Å². The van der Waals surface area contributed by atoms with Crippen molar-refractivity contribution < 1.29 is 80.2 Å². The van der Waals surface area contributed by atoms with Crippen LogP contribution in [0.1, 0.15) is 402 Å². The molecule has 5 atom stereocenters. The Morgan fingerprint density at radius 1 is 0.278 bits per heavy atom. The fourth-order valence-electron chi connectivity index (χ4n) is 12.0. The van der Waals surface area contributed by atoms with Gasteiger partial charge in [0.15, 0.2) is 12.2 Å². The largest absolute Gasteiger partial charge is 0.472 e. The number of hydrogen-bond acceptors (Lipinski definition) is 15. The molecule has 0 aliphatic rings. The van der Waals surface area contributed by atoms with Crippen LogP contribution in [0.4, 0.5) is 0 Å². The Morgan fingerprint density at radius 3 is 0.701 bits per heavy atom. The number of carbonyl (C=O) groups is 4. The number of unbranched alkanes of at least 4 members (excludes halogenated alkanes) is 44. The summed E-state index contributed by atoms with van der Waals surface area (Å²) in [7, 11) is -9.91. The van der Waals surface area contributed by atoms with E-state index in [2.05, 4.69) is 48.5 Å². The number of aliphatic hydroxyl groups excluding tert-OH is 1. The fourth-order valence-corrected chi connectivity index (χ4v) is 13.5. The monoisotopic (exact) mass is 1420 g/mol. The van der Waals surface area contributed by atoms with Gasteiger partial charge in [-0.25, -0.2) is 9.13 Å². The van der Waals surface area contributed by atoms with E-state index in [4.69, 9.17) is 37.0 Å². The predicted octanol–water partition coefficient (Wildman–Crippen LogP) is 23.0. The zero-order valence-electron chi connectivity index (χ0n) is 63.5. The predicted molar refractivity (Wildman–Crippen MR) is 395 cm³/mol. The smallest absolute Gasteiger partial charge is 0.462 e. The molecule has 576 valence electrons. The lowest BCUT2D eigenvalue weighted by atomic mass is 10.0. The Morgan fingerprint density at radius 2 is 0.474 bits per heavy atom. The Hall–Kier alpha value is -1.94.